The molecule has 0 saturated carbocycles. The molecule has 68 valence electrons. The first-order valence-electron chi connectivity index (χ1n) is 3.86. The molecule has 2 rings (SSSR count). The Labute approximate surface area is 89.0 Å². The van der Waals surface area contributed by atoms with Crippen LogP contribution in [0.1, 0.15) is 5.69 Å². The Hall–Kier alpha value is -1.67. The summed E-state index contributed by atoms with van der Waals surface area (Å²) in [4.78, 5) is 7.94. The molecule has 5 heteroatoms. The lowest BCUT2D eigenvalue weighted by molar-refractivity contribution is 0.956. The first-order chi connectivity index (χ1) is 6.83. The fourth-order valence-corrected chi connectivity index (χ4v) is 1.55. The van der Waals surface area contributed by atoms with Crippen LogP contribution in [0.5, 0.6) is 0 Å². The first-order valence-corrected chi connectivity index (χ1v) is 4.65. The second-order valence-electron chi connectivity index (χ2n) is 2.57. The zero-order chi connectivity index (χ0) is 9.97. The van der Waals surface area contributed by atoms with E-state index in [9.17, 15) is 0 Å². The van der Waals surface area contributed by atoms with Gasteiger partial charge in [0.25, 0.3) is 0 Å². The fraction of sp³-hybridized carbons (Fsp3) is 0. The van der Waals surface area contributed by atoms with Crippen molar-refractivity contribution in [1.82, 2.24) is 14.5 Å². The van der Waals surface area contributed by atoms with E-state index in [1.54, 1.807) is 29.1 Å². The highest BCUT2D eigenvalue weighted by Crippen LogP contribution is 2.18. The van der Waals surface area contributed by atoms with Gasteiger partial charge in [-0.05, 0) is 28.1 Å². The number of nitriles is 1. The van der Waals surface area contributed by atoms with Crippen LogP contribution in [0.2, 0.25) is 0 Å². The predicted molar refractivity (Wildman–Crippen MR) is 53.8 cm³/mol. The lowest BCUT2D eigenvalue weighted by Crippen LogP contribution is -1.99. The highest BCUT2D eigenvalue weighted by Gasteiger charge is 2.06. The van der Waals surface area contributed by atoms with Crippen LogP contribution in [0.3, 0.4) is 0 Å². The van der Waals surface area contributed by atoms with Crippen LogP contribution >= 0.6 is 15.9 Å². The summed E-state index contributed by atoms with van der Waals surface area (Å²) in [6, 6.07) is 5.61. The van der Waals surface area contributed by atoms with Crippen molar-refractivity contribution < 1.29 is 0 Å². The number of hydrogen-bond acceptors (Lipinski definition) is 3. The summed E-state index contributed by atoms with van der Waals surface area (Å²) in [6.45, 7) is 0. The predicted octanol–water partition coefficient (Wildman–Crippen LogP) is 1.90. The van der Waals surface area contributed by atoms with Crippen molar-refractivity contribution in [2.24, 2.45) is 0 Å². The lowest BCUT2D eigenvalue weighted by Gasteiger charge is -2.04. The molecule has 0 amide bonds. The lowest BCUT2D eigenvalue weighted by atomic mass is 10.4. The van der Waals surface area contributed by atoms with E-state index in [1.807, 2.05) is 0 Å². The van der Waals surface area contributed by atoms with Gasteiger partial charge in [0, 0.05) is 12.4 Å². The molecule has 0 bridgehead atoms. The van der Waals surface area contributed by atoms with E-state index in [-0.39, 0.29) is 0 Å². The summed E-state index contributed by atoms with van der Waals surface area (Å²) in [7, 11) is 0. The third kappa shape index (κ3) is 1.40. The highest BCUT2D eigenvalue weighted by atomic mass is 79.9. The standard InChI is InChI=1S/C9H5BrN4/c10-8-5-12-6-13-9(8)14-3-1-2-7(14)4-11/h1-3,5-6H. The Kier molecular flexibility index (Phi) is 2.29. The minimum Gasteiger partial charge on any atom is -0.292 e. The van der Waals surface area contributed by atoms with E-state index in [0.29, 0.717) is 11.5 Å². The maximum absolute atomic E-state index is 8.83. The summed E-state index contributed by atoms with van der Waals surface area (Å²) < 4.78 is 2.46. The smallest absolute Gasteiger partial charge is 0.155 e. The topological polar surface area (TPSA) is 54.5 Å². The quantitative estimate of drug-likeness (QED) is 0.775. The van der Waals surface area contributed by atoms with Gasteiger partial charge >= 0.3 is 0 Å². The Balaban J connectivity index is 2.62. The Bertz CT molecular complexity index is 498. The molecule has 14 heavy (non-hydrogen) atoms. The van der Waals surface area contributed by atoms with Gasteiger partial charge < -0.3 is 0 Å². The molecule has 0 fully saturated rings. The molecule has 0 unspecified atom stereocenters. The maximum Gasteiger partial charge on any atom is 0.155 e. The third-order valence-electron chi connectivity index (χ3n) is 1.74. The SMILES string of the molecule is N#Cc1cccn1-c1ncncc1Br. The van der Waals surface area contributed by atoms with Gasteiger partial charge in [-0.1, -0.05) is 0 Å². The largest absolute Gasteiger partial charge is 0.292 e. The molecular formula is C9H5BrN4. The van der Waals surface area contributed by atoms with Crippen LogP contribution in [0, 0.1) is 11.3 Å². The van der Waals surface area contributed by atoms with Gasteiger partial charge in [0.2, 0.25) is 0 Å². The molecule has 0 saturated heterocycles. The summed E-state index contributed by atoms with van der Waals surface area (Å²) in [5, 5.41) is 8.83. The second-order valence-corrected chi connectivity index (χ2v) is 3.42. The monoisotopic (exact) mass is 248 g/mol. The number of rotatable bonds is 1. The van der Waals surface area contributed by atoms with Crippen LogP contribution < -0.4 is 0 Å². The second kappa shape index (κ2) is 3.60. The van der Waals surface area contributed by atoms with E-state index in [1.165, 1.54) is 6.33 Å². The Morgan fingerprint density at radius 1 is 1.50 bits per heavy atom. The van der Waals surface area contributed by atoms with E-state index >= 15 is 0 Å². The van der Waals surface area contributed by atoms with Gasteiger partial charge in [0.05, 0.1) is 4.47 Å². The summed E-state index contributed by atoms with van der Waals surface area (Å²) in [6.07, 6.45) is 4.87. The van der Waals surface area contributed by atoms with Crippen LogP contribution in [0.4, 0.5) is 0 Å². The summed E-state index contributed by atoms with van der Waals surface area (Å²) in [5.41, 5.74) is 0.546. The third-order valence-corrected chi connectivity index (χ3v) is 2.30. The number of aromatic nitrogens is 3. The maximum atomic E-state index is 8.83. The van der Waals surface area contributed by atoms with Crippen molar-refractivity contribution in [3.63, 3.8) is 0 Å². The van der Waals surface area contributed by atoms with E-state index in [2.05, 4.69) is 32.0 Å². The van der Waals surface area contributed by atoms with Gasteiger partial charge in [-0.25, -0.2) is 9.97 Å². The highest BCUT2D eigenvalue weighted by molar-refractivity contribution is 9.10. The first kappa shape index (κ1) is 8.91. The van der Waals surface area contributed by atoms with Crippen molar-refractivity contribution in [1.29, 1.82) is 5.26 Å². The van der Waals surface area contributed by atoms with Crippen molar-refractivity contribution in [2.75, 3.05) is 0 Å². The van der Waals surface area contributed by atoms with Crippen molar-refractivity contribution in [3.8, 4) is 11.9 Å². The van der Waals surface area contributed by atoms with E-state index in [4.69, 9.17) is 5.26 Å². The number of nitrogens with zero attached hydrogens (tertiary/aromatic N) is 4. The molecular weight excluding hydrogens is 244 g/mol. The summed E-state index contributed by atoms with van der Waals surface area (Å²) in [5.74, 6) is 0.668. The average Bonchev–Trinajstić information content (AvgIpc) is 2.66. The van der Waals surface area contributed by atoms with Crippen LogP contribution in [0.25, 0.3) is 5.82 Å². The van der Waals surface area contributed by atoms with Crippen LogP contribution in [-0.4, -0.2) is 14.5 Å². The van der Waals surface area contributed by atoms with Gasteiger partial charge in [0.15, 0.2) is 5.82 Å². The number of halogens is 1. The van der Waals surface area contributed by atoms with Gasteiger partial charge in [-0.3, -0.25) is 4.57 Å². The molecule has 0 N–H and O–H groups in total. The molecule has 2 aromatic heterocycles. The van der Waals surface area contributed by atoms with Gasteiger partial charge in [-0.15, -0.1) is 0 Å². The minimum atomic E-state index is 0.546. The molecule has 4 nitrogen and oxygen atoms in total. The molecule has 0 atom stereocenters. The fourth-order valence-electron chi connectivity index (χ4n) is 1.14. The Morgan fingerprint density at radius 2 is 2.36 bits per heavy atom. The van der Waals surface area contributed by atoms with Crippen molar-refractivity contribution >= 4 is 15.9 Å². The molecule has 0 aliphatic rings. The van der Waals surface area contributed by atoms with Crippen LogP contribution in [-0.2, 0) is 0 Å². The van der Waals surface area contributed by atoms with E-state index in [0.717, 1.165) is 4.47 Å². The zero-order valence-electron chi connectivity index (χ0n) is 7.05. The van der Waals surface area contributed by atoms with Gasteiger partial charge in [0.1, 0.15) is 18.1 Å². The van der Waals surface area contributed by atoms with Gasteiger partial charge in [-0.2, -0.15) is 5.26 Å². The van der Waals surface area contributed by atoms with Crippen LogP contribution in [0.15, 0.2) is 35.3 Å². The molecule has 0 aliphatic heterocycles. The van der Waals surface area contributed by atoms with Crippen molar-refractivity contribution in [3.05, 3.63) is 41.0 Å². The molecule has 2 aromatic rings. The normalized spacial score (nSPS) is 9.71. The number of hydrogen-bond donors (Lipinski definition) is 0. The van der Waals surface area contributed by atoms with E-state index < -0.39 is 0 Å². The minimum absolute atomic E-state index is 0.546. The average molecular weight is 249 g/mol. The molecule has 0 radical (unpaired) electrons. The molecule has 0 spiro atoms. The zero-order valence-corrected chi connectivity index (χ0v) is 8.64. The Morgan fingerprint density at radius 3 is 3.07 bits per heavy atom. The van der Waals surface area contributed by atoms with Crippen molar-refractivity contribution in [2.45, 2.75) is 0 Å². The molecule has 0 aliphatic carbocycles. The molecule has 0 aromatic carbocycles. The summed E-state index contributed by atoms with van der Waals surface area (Å²) >= 11 is 3.33. The molecule has 2 heterocycles.